The Bertz CT molecular complexity index is 686. The molecule has 1 aliphatic carbocycles. The predicted octanol–water partition coefficient (Wildman–Crippen LogP) is 3.98. The third kappa shape index (κ3) is 4.98. The number of benzene rings is 1. The molecule has 0 atom stereocenters. The SMILES string of the molecule is CN(CCNC(=O)c1cccnc1SC1CCCC1)c1ccccc1. The number of rotatable bonds is 7. The Hall–Kier alpha value is -2.01. The van der Waals surface area contributed by atoms with Gasteiger partial charge in [0.05, 0.1) is 5.56 Å². The number of likely N-dealkylation sites (N-methyl/N-ethyl adjacent to an activating group) is 1. The van der Waals surface area contributed by atoms with Crippen LogP contribution in [0.3, 0.4) is 0 Å². The average molecular weight is 356 g/mol. The summed E-state index contributed by atoms with van der Waals surface area (Å²) in [6.45, 7) is 1.37. The Morgan fingerprint density at radius 2 is 1.96 bits per heavy atom. The Kier molecular flexibility index (Phi) is 6.34. The van der Waals surface area contributed by atoms with Crippen molar-refractivity contribution in [1.29, 1.82) is 0 Å². The number of hydrogen-bond donors (Lipinski definition) is 1. The van der Waals surface area contributed by atoms with E-state index in [4.69, 9.17) is 0 Å². The van der Waals surface area contributed by atoms with Crippen molar-refractivity contribution in [2.45, 2.75) is 36.0 Å². The van der Waals surface area contributed by atoms with Gasteiger partial charge in [-0.2, -0.15) is 0 Å². The highest BCUT2D eigenvalue weighted by Crippen LogP contribution is 2.35. The second kappa shape index (κ2) is 8.90. The van der Waals surface area contributed by atoms with Crippen molar-refractivity contribution in [3.63, 3.8) is 0 Å². The monoisotopic (exact) mass is 355 g/mol. The van der Waals surface area contributed by atoms with Crippen LogP contribution in [0.5, 0.6) is 0 Å². The number of nitrogens with zero attached hydrogens (tertiary/aromatic N) is 2. The van der Waals surface area contributed by atoms with Gasteiger partial charge in [0.25, 0.3) is 5.91 Å². The molecule has 4 nitrogen and oxygen atoms in total. The highest BCUT2D eigenvalue weighted by atomic mass is 32.2. The van der Waals surface area contributed by atoms with Gasteiger partial charge in [0.2, 0.25) is 0 Å². The van der Waals surface area contributed by atoms with E-state index in [0.717, 1.165) is 17.3 Å². The van der Waals surface area contributed by atoms with Gasteiger partial charge in [-0.05, 0) is 37.1 Å². The van der Waals surface area contributed by atoms with Crippen molar-refractivity contribution >= 4 is 23.4 Å². The molecule has 1 heterocycles. The van der Waals surface area contributed by atoms with E-state index in [2.05, 4.69) is 27.3 Å². The van der Waals surface area contributed by atoms with Crippen LogP contribution in [0.1, 0.15) is 36.0 Å². The maximum Gasteiger partial charge on any atom is 0.254 e. The number of amides is 1. The Balaban J connectivity index is 1.54. The van der Waals surface area contributed by atoms with Crippen LogP contribution in [0, 0.1) is 0 Å². The molecule has 25 heavy (non-hydrogen) atoms. The van der Waals surface area contributed by atoms with Crippen LogP contribution in [0.25, 0.3) is 0 Å². The summed E-state index contributed by atoms with van der Waals surface area (Å²) in [5, 5.41) is 4.50. The van der Waals surface area contributed by atoms with Crippen LogP contribution in [-0.4, -0.2) is 36.3 Å². The number of anilines is 1. The van der Waals surface area contributed by atoms with Crippen LogP contribution in [0.2, 0.25) is 0 Å². The van der Waals surface area contributed by atoms with Crippen LogP contribution < -0.4 is 10.2 Å². The number of nitrogens with one attached hydrogen (secondary N) is 1. The standard InChI is InChI=1S/C20H25N3OS/c1-23(16-8-3-2-4-9-16)15-14-21-19(24)18-12-7-13-22-20(18)25-17-10-5-6-11-17/h2-4,7-9,12-13,17H,5-6,10-11,14-15H2,1H3,(H,21,24). The quantitative estimate of drug-likeness (QED) is 0.816. The highest BCUT2D eigenvalue weighted by Gasteiger charge is 2.20. The fraction of sp³-hybridized carbons (Fsp3) is 0.400. The normalized spacial score (nSPS) is 14.4. The van der Waals surface area contributed by atoms with Crippen molar-refractivity contribution in [2.24, 2.45) is 0 Å². The summed E-state index contributed by atoms with van der Waals surface area (Å²) < 4.78 is 0. The molecule has 132 valence electrons. The van der Waals surface area contributed by atoms with Gasteiger partial charge in [0.15, 0.2) is 0 Å². The summed E-state index contributed by atoms with van der Waals surface area (Å²) in [5.74, 6) is -0.0324. The molecule has 0 aliphatic heterocycles. The van der Waals surface area contributed by atoms with E-state index >= 15 is 0 Å². The molecule has 0 radical (unpaired) electrons. The number of thioether (sulfide) groups is 1. The van der Waals surface area contributed by atoms with Gasteiger partial charge in [0, 0.05) is 37.3 Å². The third-order valence-corrected chi connectivity index (χ3v) is 5.88. The molecule has 3 rings (SSSR count). The maximum atomic E-state index is 12.6. The molecular weight excluding hydrogens is 330 g/mol. The van der Waals surface area contributed by atoms with E-state index in [0.29, 0.717) is 17.4 Å². The Labute approximate surface area is 154 Å². The van der Waals surface area contributed by atoms with Crippen molar-refractivity contribution in [1.82, 2.24) is 10.3 Å². The summed E-state index contributed by atoms with van der Waals surface area (Å²) in [4.78, 5) is 19.2. The molecule has 0 unspecified atom stereocenters. The van der Waals surface area contributed by atoms with Crippen molar-refractivity contribution < 1.29 is 4.79 Å². The number of para-hydroxylation sites is 1. The van der Waals surface area contributed by atoms with E-state index in [1.54, 1.807) is 18.0 Å². The second-order valence-electron chi connectivity index (χ2n) is 6.39. The lowest BCUT2D eigenvalue weighted by atomic mass is 10.2. The lowest BCUT2D eigenvalue weighted by molar-refractivity contribution is 0.0951. The Morgan fingerprint density at radius 3 is 2.72 bits per heavy atom. The molecule has 1 aliphatic rings. The molecule has 1 aromatic heterocycles. The summed E-state index contributed by atoms with van der Waals surface area (Å²) in [6.07, 6.45) is 6.81. The maximum absolute atomic E-state index is 12.6. The molecule has 1 aromatic carbocycles. The second-order valence-corrected chi connectivity index (χ2v) is 7.68. The lowest BCUT2D eigenvalue weighted by Crippen LogP contribution is -2.33. The van der Waals surface area contributed by atoms with Gasteiger partial charge in [0.1, 0.15) is 5.03 Å². The summed E-state index contributed by atoms with van der Waals surface area (Å²) >= 11 is 1.76. The van der Waals surface area contributed by atoms with E-state index in [1.807, 2.05) is 37.4 Å². The molecule has 1 saturated carbocycles. The molecule has 1 fully saturated rings. The summed E-state index contributed by atoms with van der Waals surface area (Å²) in [7, 11) is 2.03. The average Bonchev–Trinajstić information content (AvgIpc) is 3.16. The largest absolute Gasteiger partial charge is 0.373 e. The van der Waals surface area contributed by atoms with E-state index in [-0.39, 0.29) is 5.91 Å². The van der Waals surface area contributed by atoms with Gasteiger partial charge in [-0.1, -0.05) is 31.0 Å². The van der Waals surface area contributed by atoms with E-state index in [1.165, 1.54) is 25.7 Å². The van der Waals surface area contributed by atoms with E-state index < -0.39 is 0 Å². The topological polar surface area (TPSA) is 45.2 Å². The zero-order valence-electron chi connectivity index (χ0n) is 14.6. The van der Waals surface area contributed by atoms with Gasteiger partial charge < -0.3 is 10.2 Å². The molecule has 2 aromatic rings. The van der Waals surface area contributed by atoms with Gasteiger partial charge in [-0.3, -0.25) is 4.79 Å². The van der Waals surface area contributed by atoms with Crippen molar-refractivity contribution in [2.75, 3.05) is 25.0 Å². The molecule has 1 amide bonds. The minimum absolute atomic E-state index is 0.0324. The Morgan fingerprint density at radius 1 is 1.20 bits per heavy atom. The molecule has 0 spiro atoms. The summed E-state index contributed by atoms with van der Waals surface area (Å²) in [5.41, 5.74) is 1.84. The van der Waals surface area contributed by atoms with Crippen LogP contribution in [0.15, 0.2) is 53.7 Å². The number of aromatic nitrogens is 1. The van der Waals surface area contributed by atoms with Crippen LogP contribution >= 0.6 is 11.8 Å². The first-order valence-electron chi connectivity index (χ1n) is 8.90. The van der Waals surface area contributed by atoms with Gasteiger partial charge >= 0.3 is 0 Å². The third-order valence-electron chi connectivity index (χ3n) is 4.53. The minimum Gasteiger partial charge on any atom is -0.373 e. The first kappa shape index (κ1) is 17.8. The number of hydrogen-bond acceptors (Lipinski definition) is 4. The zero-order valence-corrected chi connectivity index (χ0v) is 15.5. The van der Waals surface area contributed by atoms with E-state index in [9.17, 15) is 4.79 Å². The molecule has 0 saturated heterocycles. The lowest BCUT2D eigenvalue weighted by Gasteiger charge is -2.19. The fourth-order valence-corrected chi connectivity index (χ4v) is 4.36. The number of carbonyl (C=O) groups is 1. The molecular formula is C20H25N3OS. The molecule has 5 heteroatoms. The highest BCUT2D eigenvalue weighted by molar-refractivity contribution is 7.99. The number of pyridine rings is 1. The van der Waals surface area contributed by atoms with Gasteiger partial charge in [-0.15, -0.1) is 11.8 Å². The van der Waals surface area contributed by atoms with Crippen molar-refractivity contribution in [3.8, 4) is 0 Å². The smallest absolute Gasteiger partial charge is 0.254 e. The predicted molar refractivity (Wildman–Crippen MR) is 104 cm³/mol. The first-order chi connectivity index (χ1) is 12.2. The molecule has 1 N–H and O–H groups in total. The summed E-state index contributed by atoms with van der Waals surface area (Å²) in [6, 6.07) is 13.9. The van der Waals surface area contributed by atoms with Crippen LogP contribution in [0.4, 0.5) is 5.69 Å². The van der Waals surface area contributed by atoms with Crippen LogP contribution in [-0.2, 0) is 0 Å². The minimum atomic E-state index is -0.0324. The zero-order chi connectivity index (χ0) is 17.5. The fourth-order valence-electron chi connectivity index (χ4n) is 3.07. The number of carbonyl (C=O) groups excluding carboxylic acids is 1. The first-order valence-corrected chi connectivity index (χ1v) is 9.78. The van der Waals surface area contributed by atoms with Gasteiger partial charge in [-0.25, -0.2) is 4.98 Å². The molecule has 0 bridgehead atoms. The van der Waals surface area contributed by atoms with Crippen molar-refractivity contribution in [3.05, 3.63) is 54.2 Å².